The summed E-state index contributed by atoms with van der Waals surface area (Å²) in [6.07, 6.45) is 0. The number of ether oxygens (including phenoxy) is 1. The van der Waals surface area contributed by atoms with Crippen LogP contribution >= 0.6 is 0 Å². The standard InChI is InChI=1S/C10H15N3O2/c1-3-15-9(14)6-12-10-8(11)5-4-7(2)13-10/h4-5H,3,6,11H2,1-2H3,(H,12,13). The Balaban J connectivity index is 2.57. The Morgan fingerprint density at radius 3 is 3.00 bits per heavy atom. The minimum Gasteiger partial charge on any atom is -0.465 e. The van der Waals surface area contributed by atoms with Crippen LogP contribution in [0.15, 0.2) is 12.1 Å². The van der Waals surface area contributed by atoms with Gasteiger partial charge in [0.25, 0.3) is 0 Å². The fourth-order valence-electron chi connectivity index (χ4n) is 1.08. The molecule has 0 saturated heterocycles. The summed E-state index contributed by atoms with van der Waals surface area (Å²) in [4.78, 5) is 15.2. The summed E-state index contributed by atoms with van der Waals surface area (Å²) in [5.74, 6) is 0.197. The number of carbonyl (C=O) groups excluding carboxylic acids is 1. The Morgan fingerprint density at radius 2 is 2.33 bits per heavy atom. The molecule has 0 unspecified atom stereocenters. The third-order valence-corrected chi connectivity index (χ3v) is 1.77. The van der Waals surface area contributed by atoms with Gasteiger partial charge in [0.05, 0.1) is 12.3 Å². The first-order chi connectivity index (χ1) is 7.13. The highest BCUT2D eigenvalue weighted by atomic mass is 16.5. The molecule has 1 heterocycles. The second-order valence-corrected chi connectivity index (χ2v) is 3.05. The molecule has 1 rings (SSSR count). The molecule has 3 N–H and O–H groups in total. The highest BCUT2D eigenvalue weighted by molar-refractivity contribution is 5.76. The molecule has 0 aliphatic carbocycles. The molecular formula is C10H15N3O2. The second kappa shape index (κ2) is 5.19. The van der Waals surface area contributed by atoms with E-state index in [9.17, 15) is 4.79 Å². The van der Waals surface area contributed by atoms with E-state index in [4.69, 9.17) is 10.5 Å². The number of pyridine rings is 1. The third kappa shape index (κ3) is 3.46. The van der Waals surface area contributed by atoms with Crippen molar-refractivity contribution in [2.75, 3.05) is 24.2 Å². The van der Waals surface area contributed by atoms with Crippen LogP contribution < -0.4 is 11.1 Å². The highest BCUT2D eigenvalue weighted by Crippen LogP contribution is 2.14. The van der Waals surface area contributed by atoms with Gasteiger partial charge in [0.15, 0.2) is 0 Å². The summed E-state index contributed by atoms with van der Waals surface area (Å²) < 4.78 is 4.76. The average molecular weight is 209 g/mol. The van der Waals surface area contributed by atoms with E-state index in [1.54, 1.807) is 13.0 Å². The quantitative estimate of drug-likeness (QED) is 0.722. The van der Waals surface area contributed by atoms with Crippen molar-refractivity contribution >= 4 is 17.5 Å². The lowest BCUT2D eigenvalue weighted by atomic mass is 10.3. The maximum absolute atomic E-state index is 11.1. The minimum atomic E-state index is -0.319. The summed E-state index contributed by atoms with van der Waals surface area (Å²) in [5.41, 5.74) is 7.03. The van der Waals surface area contributed by atoms with Crippen molar-refractivity contribution in [3.05, 3.63) is 17.8 Å². The lowest BCUT2D eigenvalue weighted by Gasteiger charge is -2.08. The summed E-state index contributed by atoms with van der Waals surface area (Å²) in [5, 5.41) is 2.83. The number of esters is 1. The van der Waals surface area contributed by atoms with E-state index in [1.807, 2.05) is 13.0 Å². The number of hydrogen-bond donors (Lipinski definition) is 2. The van der Waals surface area contributed by atoms with E-state index in [2.05, 4.69) is 10.3 Å². The molecule has 0 radical (unpaired) electrons. The molecule has 1 aromatic heterocycles. The van der Waals surface area contributed by atoms with Crippen molar-refractivity contribution in [3.8, 4) is 0 Å². The third-order valence-electron chi connectivity index (χ3n) is 1.77. The smallest absolute Gasteiger partial charge is 0.325 e. The van der Waals surface area contributed by atoms with Gasteiger partial charge in [0, 0.05) is 5.69 Å². The molecule has 0 atom stereocenters. The van der Waals surface area contributed by atoms with Crippen LogP contribution in [0.3, 0.4) is 0 Å². The number of nitrogens with zero attached hydrogens (tertiary/aromatic N) is 1. The maximum Gasteiger partial charge on any atom is 0.325 e. The largest absolute Gasteiger partial charge is 0.465 e. The summed E-state index contributed by atoms with van der Waals surface area (Å²) in [6.45, 7) is 4.07. The van der Waals surface area contributed by atoms with Gasteiger partial charge in [0.2, 0.25) is 0 Å². The van der Waals surface area contributed by atoms with Gasteiger partial charge in [-0.2, -0.15) is 0 Å². The van der Waals surface area contributed by atoms with Crippen LogP contribution in [-0.2, 0) is 9.53 Å². The number of nitrogens with one attached hydrogen (secondary N) is 1. The Bertz CT molecular complexity index is 353. The van der Waals surface area contributed by atoms with Gasteiger partial charge in [0.1, 0.15) is 12.4 Å². The zero-order valence-corrected chi connectivity index (χ0v) is 8.91. The molecule has 5 nitrogen and oxygen atoms in total. The minimum absolute atomic E-state index is 0.0779. The fourth-order valence-corrected chi connectivity index (χ4v) is 1.08. The summed E-state index contributed by atoms with van der Waals surface area (Å²) in [7, 11) is 0. The van der Waals surface area contributed by atoms with Crippen LogP contribution in [-0.4, -0.2) is 24.1 Å². The van der Waals surface area contributed by atoms with Crippen LogP contribution in [0.5, 0.6) is 0 Å². The maximum atomic E-state index is 11.1. The molecule has 82 valence electrons. The van der Waals surface area contributed by atoms with Crippen LogP contribution in [0, 0.1) is 6.92 Å². The van der Waals surface area contributed by atoms with Crippen molar-refractivity contribution in [3.63, 3.8) is 0 Å². The molecule has 0 bridgehead atoms. The van der Waals surface area contributed by atoms with Gasteiger partial charge < -0.3 is 15.8 Å². The first-order valence-corrected chi connectivity index (χ1v) is 4.76. The number of rotatable bonds is 4. The topological polar surface area (TPSA) is 77.2 Å². The SMILES string of the molecule is CCOC(=O)CNc1nc(C)ccc1N. The van der Waals surface area contributed by atoms with Gasteiger partial charge >= 0.3 is 5.97 Å². The number of nitrogen functional groups attached to an aromatic ring is 1. The van der Waals surface area contributed by atoms with Crippen LogP contribution in [0.25, 0.3) is 0 Å². The van der Waals surface area contributed by atoms with Gasteiger partial charge in [-0.1, -0.05) is 0 Å². The molecule has 0 amide bonds. The van der Waals surface area contributed by atoms with Crippen LogP contribution in [0.1, 0.15) is 12.6 Å². The Labute approximate surface area is 88.6 Å². The van der Waals surface area contributed by atoms with Crippen molar-refractivity contribution in [1.82, 2.24) is 4.98 Å². The van der Waals surface area contributed by atoms with E-state index in [-0.39, 0.29) is 12.5 Å². The highest BCUT2D eigenvalue weighted by Gasteiger charge is 2.04. The number of aryl methyl sites for hydroxylation is 1. The second-order valence-electron chi connectivity index (χ2n) is 3.05. The molecule has 15 heavy (non-hydrogen) atoms. The molecule has 5 heteroatoms. The molecule has 0 aromatic carbocycles. The first-order valence-electron chi connectivity index (χ1n) is 4.76. The van der Waals surface area contributed by atoms with Crippen molar-refractivity contribution < 1.29 is 9.53 Å². The summed E-state index contributed by atoms with van der Waals surface area (Å²) >= 11 is 0. The number of hydrogen-bond acceptors (Lipinski definition) is 5. The molecule has 1 aromatic rings. The van der Waals surface area contributed by atoms with Crippen molar-refractivity contribution in [1.29, 1.82) is 0 Å². The van der Waals surface area contributed by atoms with E-state index < -0.39 is 0 Å². The van der Waals surface area contributed by atoms with Gasteiger partial charge in [-0.3, -0.25) is 4.79 Å². The molecule has 0 aliphatic rings. The fraction of sp³-hybridized carbons (Fsp3) is 0.400. The average Bonchev–Trinajstić information content (AvgIpc) is 2.20. The Morgan fingerprint density at radius 1 is 1.60 bits per heavy atom. The van der Waals surface area contributed by atoms with Crippen LogP contribution in [0.2, 0.25) is 0 Å². The zero-order valence-electron chi connectivity index (χ0n) is 8.91. The van der Waals surface area contributed by atoms with E-state index in [1.165, 1.54) is 0 Å². The van der Waals surface area contributed by atoms with Gasteiger partial charge in [-0.05, 0) is 26.0 Å². The van der Waals surface area contributed by atoms with Gasteiger partial charge in [-0.25, -0.2) is 4.98 Å². The van der Waals surface area contributed by atoms with Crippen LogP contribution in [0.4, 0.5) is 11.5 Å². The monoisotopic (exact) mass is 209 g/mol. The molecular weight excluding hydrogens is 194 g/mol. The molecule has 0 saturated carbocycles. The number of aromatic nitrogens is 1. The molecule has 0 fully saturated rings. The number of nitrogens with two attached hydrogens (primary N) is 1. The van der Waals surface area contributed by atoms with E-state index >= 15 is 0 Å². The first kappa shape index (κ1) is 11.3. The molecule has 0 aliphatic heterocycles. The van der Waals surface area contributed by atoms with E-state index in [0.717, 1.165) is 5.69 Å². The zero-order chi connectivity index (χ0) is 11.3. The Hall–Kier alpha value is -1.78. The van der Waals surface area contributed by atoms with Crippen molar-refractivity contribution in [2.45, 2.75) is 13.8 Å². The summed E-state index contributed by atoms with van der Waals surface area (Å²) in [6, 6.07) is 3.56. The van der Waals surface area contributed by atoms with Gasteiger partial charge in [-0.15, -0.1) is 0 Å². The normalized spacial score (nSPS) is 9.73. The van der Waals surface area contributed by atoms with E-state index in [0.29, 0.717) is 18.1 Å². The lowest BCUT2D eigenvalue weighted by molar-refractivity contribution is -0.140. The number of carbonyl (C=O) groups is 1. The predicted octanol–water partition coefficient (Wildman–Crippen LogP) is 0.947. The predicted molar refractivity (Wildman–Crippen MR) is 58.5 cm³/mol. The number of anilines is 2. The van der Waals surface area contributed by atoms with Crippen molar-refractivity contribution in [2.24, 2.45) is 0 Å². The lowest BCUT2D eigenvalue weighted by Crippen LogP contribution is -2.18. The molecule has 0 spiro atoms. The Kier molecular flexibility index (Phi) is 3.91.